The fraction of sp³-hybridized carbons (Fsp3) is 0.235. The fourth-order valence-corrected chi connectivity index (χ4v) is 2.57. The summed E-state index contributed by atoms with van der Waals surface area (Å²) < 4.78 is 45.9. The van der Waals surface area contributed by atoms with E-state index in [1.54, 1.807) is 13.0 Å². The van der Waals surface area contributed by atoms with Crippen molar-refractivity contribution in [3.63, 3.8) is 0 Å². The molecular formula is C17H14F3NO2. The minimum atomic E-state index is -0.755. The second-order valence-electron chi connectivity index (χ2n) is 5.51. The Morgan fingerprint density at radius 1 is 1.13 bits per heavy atom. The van der Waals surface area contributed by atoms with Gasteiger partial charge in [0.2, 0.25) is 0 Å². The smallest absolute Gasteiger partial charge is 0.410 e. The highest BCUT2D eigenvalue weighted by Crippen LogP contribution is 2.26. The maximum atomic E-state index is 14.2. The van der Waals surface area contributed by atoms with E-state index in [1.807, 2.05) is 0 Å². The van der Waals surface area contributed by atoms with E-state index in [-0.39, 0.29) is 18.2 Å². The molecule has 0 N–H and O–H groups in total. The number of carbonyl (C=O) groups excluding carboxylic acids is 1. The first-order valence-corrected chi connectivity index (χ1v) is 7.13. The predicted octanol–water partition coefficient (Wildman–Crippen LogP) is 4.11. The standard InChI is InChI=1S/C17H14F3NO2/c1-10-8-21(17(22)23-10)9-12-3-2-11(6-15(12)19)14-5-4-13(18)7-16(14)20/h2-7,10H,8-9H2,1H3/t10-/m1/s1. The Hall–Kier alpha value is -2.50. The Morgan fingerprint density at radius 3 is 2.52 bits per heavy atom. The van der Waals surface area contributed by atoms with Crippen LogP contribution in [0.3, 0.4) is 0 Å². The summed E-state index contributed by atoms with van der Waals surface area (Å²) in [5.74, 6) is -2.00. The summed E-state index contributed by atoms with van der Waals surface area (Å²) in [6, 6.07) is 7.34. The fourth-order valence-electron chi connectivity index (χ4n) is 2.57. The van der Waals surface area contributed by atoms with Crippen molar-refractivity contribution < 1.29 is 22.7 Å². The number of benzene rings is 2. The lowest BCUT2D eigenvalue weighted by Crippen LogP contribution is -2.24. The molecule has 1 amide bonds. The first-order valence-electron chi connectivity index (χ1n) is 7.13. The van der Waals surface area contributed by atoms with Crippen molar-refractivity contribution in [1.29, 1.82) is 0 Å². The summed E-state index contributed by atoms with van der Waals surface area (Å²) in [6.45, 7) is 2.24. The summed E-state index contributed by atoms with van der Waals surface area (Å²) >= 11 is 0. The van der Waals surface area contributed by atoms with Crippen LogP contribution in [0.4, 0.5) is 18.0 Å². The van der Waals surface area contributed by atoms with Gasteiger partial charge in [-0.1, -0.05) is 12.1 Å². The quantitative estimate of drug-likeness (QED) is 0.851. The molecule has 1 heterocycles. The van der Waals surface area contributed by atoms with Gasteiger partial charge in [0.15, 0.2) is 0 Å². The molecule has 2 aromatic carbocycles. The van der Waals surface area contributed by atoms with E-state index in [0.29, 0.717) is 17.7 Å². The number of nitrogens with zero attached hydrogens (tertiary/aromatic N) is 1. The lowest BCUT2D eigenvalue weighted by Gasteiger charge is -2.14. The molecule has 1 fully saturated rings. The Bertz CT molecular complexity index is 763. The van der Waals surface area contributed by atoms with Gasteiger partial charge in [0.1, 0.15) is 23.6 Å². The van der Waals surface area contributed by atoms with Gasteiger partial charge in [-0.05, 0) is 30.7 Å². The predicted molar refractivity (Wildman–Crippen MR) is 78.1 cm³/mol. The minimum absolute atomic E-state index is 0.0845. The number of hydrogen-bond acceptors (Lipinski definition) is 2. The number of carbonyl (C=O) groups is 1. The van der Waals surface area contributed by atoms with Gasteiger partial charge < -0.3 is 9.64 Å². The van der Waals surface area contributed by atoms with E-state index in [9.17, 15) is 18.0 Å². The van der Waals surface area contributed by atoms with E-state index >= 15 is 0 Å². The summed E-state index contributed by atoms with van der Waals surface area (Å²) in [6.07, 6.45) is -0.705. The zero-order valence-electron chi connectivity index (χ0n) is 12.4. The second kappa shape index (κ2) is 5.95. The van der Waals surface area contributed by atoms with Gasteiger partial charge >= 0.3 is 6.09 Å². The van der Waals surface area contributed by atoms with Crippen LogP contribution in [0.5, 0.6) is 0 Å². The van der Waals surface area contributed by atoms with Crippen molar-refractivity contribution in [3.05, 3.63) is 59.4 Å². The molecule has 2 aromatic rings. The van der Waals surface area contributed by atoms with Gasteiger partial charge in [-0.25, -0.2) is 18.0 Å². The molecule has 1 atom stereocenters. The van der Waals surface area contributed by atoms with Gasteiger partial charge in [0, 0.05) is 17.2 Å². The number of rotatable bonds is 3. The van der Waals surface area contributed by atoms with Gasteiger partial charge in [0.05, 0.1) is 13.1 Å². The van der Waals surface area contributed by atoms with E-state index in [0.717, 1.165) is 12.1 Å². The van der Waals surface area contributed by atoms with Crippen LogP contribution in [-0.2, 0) is 11.3 Å². The van der Waals surface area contributed by atoms with Crippen LogP contribution in [0.1, 0.15) is 12.5 Å². The number of halogens is 3. The topological polar surface area (TPSA) is 29.5 Å². The number of cyclic esters (lactones) is 1. The molecule has 0 saturated carbocycles. The molecule has 6 heteroatoms. The van der Waals surface area contributed by atoms with Gasteiger partial charge in [-0.3, -0.25) is 0 Å². The molecule has 0 bridgehead atoms. The zero-order valence-corrected chi connectivity index (χ0v) is 12.4. The minimum Gasteiger partial charge on any atom is -0.444 e. The largest absolute Gasteiger partial charge is 0.444 e. The van der Waals surface area contributed by atoms with E-state index in [2.05, 4.69) is 0 Å². The van der Waals surface area contributed by atoms with Crippen molar-refractivity contribution in [3.8, 4) is 11.1 Å². The lowest BCUT2D eigenvalue weighted by molar-refractivity contribution is 0.137. The van der Waals surface area contributed by atoms with Crippen LogP contribution in [0.2, 0.25) is 0 Å². The average molecular weight is 321 g/mol. The normalized spacial score (nSPS) is 17.5. The molecule has 120 valence electrons. The molecule has 23 heavy (non-hydrogen) atoms. The van der Waals surface area contributed by atoms with Crippen molar-refractivity contribution in [1.82, 2.24) is 4.90 Å². The zero-order chi connectivity index (χ0) is 16.6. The Kier molecular flexibility index (Phi) is 3.98. The molecule has 3 rings (SSSR count). The molecule has 1 aliphatic rings. The molecular weight excluding hydrogens is 307 g/mol. The molecule has 0 aliphatic carbocycles. The highest BCUT2D eigenvalue weighted by molar-refractivity contribution is 5.70. The van der Waals surface area contributed by atoms with Crippen molar-refractivity contribution in [2.75, 3.05) is 6.54 Å². The Balaban J connectivity index is 1.85. The van der Waals surface area contributed by atoms with Gasteiger partial charge in [0.25, 0.3) is 0 Å². The lowest BCUT2D eigenvalue weighted by atomic mass is 10.0. The highest BCUT2D eigenvalue weighted by atomic mass is 19.1. The third-order valence-electron chi connectivity index (χ3n) is 3.69. The van der Waals surface area contributed by atoms with Gasteiger partial charge in [-0.2, -0.15) is 0 Å². The number of ether oxygens (including phenoxy) is 1. The Morgan fingerprint density at radius 2 is 1.91 bits per heavy atom. The molecule has 0 spiro atoms. The number of amides is 1. The van der Waals surface area contributed by atoms with Gasteiger partial charge in [-0.15, -0.1) is 0 Å². The molecule has 1 aliphatic heterocycles. The molecule has 0 unspecified atom stereocenters. The summed E-state index contributed by atoms with van der Waals surface area (Å²) in [5, 5.41) is 0. The monoisotopic (exact) mass is 321 g/mol. The molecule has 3 nitrogen and oxygen atoms in total. The molecule has 0 aromatic heterocycles. The van der Waals surface area contributed by atoms with Crippen molar-refractivity contribution in [2.24, 2.45) is 0 Å². The summed E-state index contributed by atoms with van der Waals surface area (Å²) in [5.41, 5.74) is 0.731. The van der Waals surface area contributed by atoms with Crippen LogP contribution < -0.4 is 0 Å². The molecule has 1 saturated heterocycles. The van der Waals surface area contributed by atoms with Crippen molar-refractivity contribution >= 4 is 6.09 Å². The summed E-state index contributed by atoms with van der Waals surface area (Å²) in [4.78, 5) is 13.0. The maximum Gasteiger partial charge on any atom is 0.410 e. The van der Waals surface area contributed by atoms with E-state index in [1.165, 1.54) is 23.1 Å². The molecule has 0 radical (unpaired) electrons. The van der Waals surface area contributed by atoms with Crippen LogP contribution >= 0.6 is 0 Å². The number of hydrogen-bond donors (Lipinski definition) is 0. The highest BCUT2D eigenvalue weighted by Gasteiger charge is 2.28. The van der Waals surface area contributed by atoms with Crippen molar-refractivity contribution in [2.45, 2.75) is 19.6 Å². The van der Waals surface area contributed by atoms with E-state index < -0.39 is 23.5 Å². The van der Waals surface area contributed by atoms with Crippen LogP contribution in [-0.4, -0.2) is 23.6 Å². The van der Waals surface area contributed by atoms with Crippen LogP contribution in [0.25, 0.3) is 11.1 Å². The van der Waals surface area contributed by atoms with E-state index in [4.69, 9.17) is 4.74 Å². The third-order valence-corrected chi connectivity index (χ3v) is 3.69. The first-order chi connectivity index (χ1) is 10.9. The third kappa shape index (κ3) is 3.16. The SMILES string of the molecule is C[C@@H]1CN(Cc2ccc(-c3ccc(F)cc3F)cc2F)C(=O)O1. The first kappa shape index (κ1) is 15.4. The van der Waals surface area contributed by atoms with Crippen LogP contribution in [0, 0.1) is 17.5 Å². The summed E-state index contributed by atoms with van der Waals surface area (Å²) in [7, 11) is 0. The maximum absolute atomic E-state index is 14.2. The van der Waals surface area contributed by atoms with Crippen LogP contribution in [0.15, 0.2) is 36.4 Å². The average Bonchev–Trinajstić information content (AvgIpc) is 2.79. The Labute approximate surface area is 131 Å². The second-order valence-corrected chi connectivity index (χ2v) is 5.51.